The van der Waals surface area contributed by atoms with Crippen LogP contribution in [0.1, 0.15) is 37.8 Å². The number of fused-ring (bicyclic) bond motifs is 1. The van der Waals surface area contributed by atoms with Crippen LogP contribution in [0.15, 0.2) is 18.2 Å². The third-order valence-electron chi connectivity index (χ3n) is 3.61. The van der Waals surface area contributed by atoms with E-state index in [1.54, 1.807) is 0 Å². The average Bonchev–Trinajstić information content (AvgIpc) is 2.76. The number of nitrogens with two attached hydrogens (primary N) is 1. The van der Waals surface area contributed by atoms with Crippen LogP contribution in [0, 0.1) is 0 Å². The monoisotopic (exact) mass is 219 g/mol. The third-order valence-corrected chi connectivity index (χ3v) is 3.61. The number of hydrogen-bond acceptors (Lipinski definition) is 2. The highest BCUT2D eigenvalue weighted by Crippen LogP contribution is 2.28. The molecule has 0 aromatic heterocycles. The molecule has 0 spiro atoms. The van der Waals surface area contributed by atoms with Crippen molar-refractivity contribution < 1.29 is 4.74 Å². The van der Waals surface area contributed by atoms with Crippen molar-refractivity contribution in [1.29, 1.82) is 0 Å². The van der Waals surface area contributed by atoms with E-state index in [4.69, 9.17) is 10.5 Å². The van der Waals surface area contributed by atoms with E-state index in [0.717, 1.165) is 12.2 Å². The van der Waals surface area contributed by atoms with Gasteiger partial charge in [-0.2, -0.15) is 0 Å². The molecule has 1 aliphatic rings. The Morgan fingerprint density at radius 1 is 1.31 bits per heavy atom. The van der Waals surface area contributed by atoms with Crippen molar-refractivity contribution >= 4 is 0 Å². The Balaban J connectivity index is 2.16. The summed E-state index contributed by atoms with van der Waals surface area (Å²) < 4.78 is 6.00. The minimum Gasteiger partial charge on any atom is -0.486 e. The Morgan fingerprint density at radius 3 is 2.75 bits per heavy atom. The predicted molar refractivity (Wildman–Crippen MR) is 66.8 cm³/mol. The summed E-state index contributed by atoms with van der Waals surface area (Å²) in [5.41, 5.74) is 8.46. The molecular formula is C14H21NO. The summed E-state index contributed by atoms with van der Waals surface area (Å²) in [5.74, 6) is 0.968. The highest BCUT2D eigenvalue weighted by atomic mass is 16.5. The summed E-state index contributed by atoms with van der Waals surface area (Å²) in [5, 5.41) is 0. The maximum absolute atomic E-state index is 6.00. The fraction of sp³-hybridized carbons (Fsp3) is 0.571. The van der Waals surface area contributed by atoms with Crippen molar-refractivity contribution in [3.63, 3.8) is 0 Å². The fourth-order valence-corrected chi connectivity index (χ4v) is 2.15. The molecule has 2 N–H and O–H groups in total. The molecule has 88 valence electrons. The first-order valence-electron chi connectivity index (χ1n) is 6.18. The Bertz CT molecular complexity index is 369. The summed E-state index contributed by atoms with van der Waals surface area (Å²) in [6.45, 7) is 4.74. The van der Waals surface area contributed by atoms with Crippen LogP contribution in [-0.4, -0.2) is 12.1 Å². The SMILES string of the molecule is CCC(C)(CN)Oc1ccc2c(c1)CCC2. The van der Waals surface area contributed by atoms with Crippen LogP contribution in [0.4, 0.5) is 0 Å². The predicted octanol–water partition coefficient (Wildman–Crippen LogP) is 2.68. The van der Waals surface area contributed by atoms with Crippen LogP contribution in [0.3, 0.4) is 0 Å². The smallest absolute Gasteiger partial charge is 0.120 e. The van der Waals surface area contributed by atoms with Gasteiger partial charge in [0.25, 0.3) is 0 Å². The van der Waals surface area contributed by atoms with Crippen LogP contribution in [-0.2, 0) is 12.8 Å². The van der Waals surface area contributed by atoms with Crippen LogP contribution in [0.2, 0.25) is 0 Å². The zero-order chi connectivity index (χ0) is 11.6. The maximum atomic E-state index is 6.00. The molecule has 0 saturated heterocycles. The normalized spacial score (nSPS) is 17.9. The lowest BCUT2D eigenvalue weighted by Gasteiger charge is -2.28. The van der Waals surface area contributed by atoms with Crippen LogP contribution < -0.4 is 10.5 Å². The zero-order valence-electron chi connectivity index (χ0n) is 10.3. The van der Waals surface area contributed by atoms with E-state index in [9.17, 15) is 0 Å². The second kappa shape index (κ2) is 4.46. The van der Waals surface area contributed by atoms with E-state index < -0.39 is 0 Å². The molecule has 0 heterocycles. The molecule has 1 aliphatic carbocycles. The van der Waals surface area contributed by atoms with Gasteiger partial charge in [0.2, 0.25) is 0 Å². The molecule has 1 aromatic rings. The van der Waals surface area contributed by atoms with E-state index in [-0.39, 0.29) is 5.60 Å². The molecule has 2 rings (SSSR count). The molecule has 2 heteroatoms. The molecule has 0 fully saturated rings. The van der Waals surface area contributed by atoms with E-state index in [1.165, 1.54) is 30.4 Å². The molecule has 16 heavy (non-hydrogen) atoms. The van der Waals surface area contributed by atoms with Crippen LogP contribution in [0.5, 0.6) is 5.75 Å². The second-order valence-corrected chi connectivity index (χ2v) is 4.89. The van der Waals surface area contributed by atoms with Crippen LogP contribution in [0.25, 0.3) is 0 Å². The van der Waals surface area contributed by atoms with Crippen LogP contribution >= 0.6 is 0 Å². The quantitative estimate of drug-likeness (QED) is 0.845. The number of aryl methyl sites for hydroxylation is 2. The first-order chi connectivity index (χ1) is 7.67. The summed E-state index contributed by atoms with van der Waals surface area (Å²) in [6.07, 6.45) is 4.62. The minimum atomic E-state index is -0.229. The Hall–Kier alpha value is -1.02. The van der Waals surface area contributed by atoms with Gasteiger partial charge in [-0.3, -0.25) is 0 Å². The van der Waals surface area contributed by atoms with Gasteiger partial charge in [-0.05, 0) is 55.9 Å². The van der Waals surface area contributed by atoms with Crippen molar-refractivity contribution in [2.24, 2.45) is 5.73 Å². The van der Waals surface area contributed by atoms with E-state index in [0.29, 0.717) is 6.54 Å². The molecule has 0 radical (unpaired) electrons. The highest BCUT2D eigenvalue weighted by Gasteiger charge is 2.22. The van der Waals surface area contributed by atoms with Crippen molar-refractivity contribution in [3.05, 3.63) is 29.3 Å². The molecule has 1 unspecified atom stereocenters. The lowest BCUT2D eigenvalue weighted by Crippen LogP contribution is -2.39. The summed E-state index contributed by atoms with van der Waals surface area (Å²) >= 11 is 0. The average molecular weight is 219 g/mol. The first-order valence-corrected chi connectivity index (χ1v) is 6.18. The lowest BCUT2D eigenvalue weighted by molar-refractivity contribution is 0.0934. The largest absolute Gasteiger partial charge is 0.486 e. The lowest BCUT2D eigenvalue weighted by atomic mass is 10.0. The van der Waals surface area contributed by atoms with Gasteiger partial charge >= 0.3 is 0 Å². The molecule has 0 amide bonds. The zero-order valence-corrected chi connectivity index (χ0v) is 10.3. The van der Waals surface area contributed by atoms with Gasteiger partial charge in [-0.25, -0.2) is 0 Å². The standard InChI is InChI=1S/C14H21NO/c1-3-14(2,10-15)16-13-8-7-11-5-4-6-12(11)9-13/h7-9H,3-6,10,15H2,1-2H3. The molecule has 0 saturated carbocycles. The summed E-state index contributed by atoms with van der Waals surface area (Å²) in [7, 11) is 0. The van der Waals surface area contributed by atoms with Crippen molar-refractivity contribution in [1.82, 2.24) is 0 Å². The van der Waals surface area contributed by atoms with Gasteiger partial charge in [0.05, 0.1) is 0 Å². The molecule has 0 bridgehead atoms. The summed E-state index contributed by atoms with van der Waals surface area (Å²) in [4.78, 5) is 0. The Morgan fingerprint density at radius 2 is 2.06 bits per heavy atom. The van der Waals surface area contributed by atoms with Gasteiger partial charge in [0.15, 0.2) is 0 Å². The van der Waals surface area contributed by atoms with Gasteiger partial charge in [-0.15, -0.1) is 0 Å². The first kappa shape index (κ1) is 11.5. The Labute approximate surface area is 97.8 Å². The topological polar surface area (TPSA) is 35.2 Å². The fourth-order valence-electron chi connectivity index (χ4n) is 2.15. The summed E-state index contributed by atoms with van der Waals surface area (Å²) in [6, 6.07) is 6.46. The number of ether oxygens (including phenoxy) is 1. The number of benzene rings is 1. The minimum absolute atomic E-state index is 0.229. The van der Waals surface area contributed by atoms with Gasteiger partial charge in [-0.1, -0.05) is 13.0 Å². The highest BCUT2D eigenvalue weighted by molar-refractivity contribution is 5.38. The van der Waals surface area contributed by atoms with Gasteiger partial charge < -0.3 is 10.5 Å². The molecule has 2 nitrogen and oxygen atoms in total. The number of rotatable bonds is 4. The number of hydrogen-bond donors (Lipinski definition) is 1. The van der Waals surface area contributed by atoms with E-state index in [1.807, 2.05) is 0 Å². The van der Waals surface area contributed by atoms with Gasteiger partial charge in [0.1, 0.15) is 11.4 Å². The molecule has 0 aliphatic heterocycles. The van der Waals surface area contributed by atoms with E-state index >= 15 is 0 Å². The van der Waals surface area contributed by atoms with Crippen molar-refractivity contribution in [2.75, 3.05) is 6.54 Å². The molecular weight excluding hydrogens is 198 g/mol. The van der Waals surface area contributed by atoms with Gasteiger partial charge in [0, 0.05) is 6.54 Å². The second-order valence-electron chi connectivity index (χ2n) is 4.89. The van der Waals surface area contributed by atoms with Crippen molar-refractivity contribution in [3.8, 4) is 5.75 Å². The molecule has 1 aromatic carbocycles. The third kappa shape index (κ3) is 2.22. The van der Waals surface area contributed by atoms with E-state index in [2.05, 4.69) is 32.0 Å². The molecule has 1 atom stereocenters. The Kier molecular flexibility index (Phi) is 3.20. The van der Waals surface area contributed by atoms with Crippen molar-refractivity contribution in [2.45, 2.75) is 45.1 Å². The maximum Gasteiger partial charge on any atom is 0.120 e.